The maximum atomic E-state index is 12.3. The zero-order valence-electron chi connectivity index (χ0n) is 13.8. The van der Waals surface area contributed by atoms with Crippen LogP contribution in [0, 0.1) is 11.3 Å². The van der Waals surface area contributed by atoms with Gasteiger partial charge >= 0.3 is 6.03 Å². The van der Waals surface area contributed by atoms with Crippen molar-refractivity contribution in [3.8, 4) is 0 Å². The summed E-state index contributed by atoms with van der Waals surface area (Å²) in [5.74, 6) is 0.0695. The van der Waals surface area contributed by atoms with Gasteiger partial charge in [-0.3, -0.25) is 4.79 Å². The van der Waals surface area contributed by atoms with Crippen LogP contribution in [0.4, 0.5) is 4.79 Å². The van der Waals surface area contributed by atoms with E-state index >= 15 is 0 Å². The SMILES string of the molecule is CN(C)C(=O)N1CCC(C(=O)NCC2(CO)CCCC2)CC1. The summed E-state index contributed by atoms with van der Waals surface area (Å²) in [7, 11) is 3.49. The van der Waals surface area contributed by atoms with Gasteiger partial charge < -0.3 is 20.2 Å². The molecule has 6 heteroatoms. The van der Waals surface area contributed by atoms with Gasteiger partial charge in [-0.25, -0.2) is 4.79 Å². The quantitative estimate of drug-likeness (QED) is 0.815. The van der Waals surface area contributed by atoms with Crippen molar-refractivity contribution in [1.82, 2.24) is 15.1 Å². The van der Waals surface area contributed by atoms with Gasteiger partial charge in [-0.15, -0.1) is 0 Å². The number of amides is 3. The Labute approximate surface area is 132 Å². The number of piperidine rings is 1. The number of carbonyl (C=O) groups excluding carboxylic acids is 2. The first-order valence-corrected chi connectivity index (χ1v) is 8.32. The van der Waals surface area contributed by atoms with Gasteiger partial charge in [-0.05, 0) is 25.7 Å². The van der Waals surface area contributed by atoms with Gasteiger partial charge in [-0.2, -0.15) is 0 Å². The Morgan fingerprint density at radius 1 is 1.23 bits per heavy atom. The molecule has 1 saturated carbocycles. The molecule has 6 nitrogen and oxygen atoms in total. The van der Waals surface area contributed by atoms with Gasteiger partial charge in [0.25, 0.3) is 0 Å². The van der Waals surface area contributed by atoms with Crippen molar-refractivity contribution in [3.63, 3.8) is 0 Å². The largest absolute Gasteiger partial charge is 0.396 e. The topological polar surface area (TPSA) is 72.9 Å². The number of hydrogen-bond donors (Lipinski definition) is 2. The molecule has 0 unspecified atom stereocenters. The average molecular weight is 311 g/mol. The number of likely N-dealkylation sites (tertiary alicyclic amines) is 1. The fourth-order valence-corrected chi connectivity index (χ4v) is 3.55. The maximum Gasteiger partial charge on any atom is 0.319 e. The van der Waals surface area contributed by atoms with E-state index in [1.54, 1.807) is 23.9 Å². The van der Waals surface area contributed by atoms with Crippen LogP contribution in [0.2, 0.25) is 0 Å². The molecule has 1 aliphatic carbocycles. The van der Waals surface area contributed by atoms with Crippen LogP contribution in [0.3, 0.4) is 0 Å². The molecule has 2 rings (SSSR count). The first kappa shape index (κ1) is 17.1. The normalized spacial score (nSPS) is 21.7. The van der Waals surface area contributed by atoms with Crippen LogP contribution < -0.4 is 5.32 Å². The van der Waals surface area contributed by atoms with Crippen molar-refractivity contribution in [2.45, 2.75) is 38.5 Å². The molecule has 0 atom stereocenters. The molecule has 0 aromatic carbocycles. The Hall–Kier alpha value is -1.30. The highest BCUT2D eigenvalue weighted by atomic mass is 16.3. The lowest BCUT2D eigenvalue weighted by Gasteiger charge is -2.34. The van der Waals surface area contributed by atoms with Gasteiger partial charge in [0.2, 0.25) is 5.91 Å². The van der Waals surface area contributed by atoms with Crippen molar-refractivity contribution in [2.75, 3.05) is 40.3 Å². The number of nitrogens with zero attached hydrogens (tertiary/aromatic N) is 2. The molecule has 1 heterocycles. The zero-order chi connectivity index (χ0) is 16.2. The minimum Gasteiger partial charge on any atom is -0.396 e. The van der Waals surface area contributed by atoms with E-state index in [2.05, 4.69) is 5.32 Å². The van der Waals surface area contributed by atoms with Crippen LogP contribution >= 0.6 is 0 Å². The summed E-state index contributed by atoms with van der Waals surface area (Å²) in [4.78, 5) is 27.6. The number of aliphatic hydroxyl groups is 1. The Balaban J connectivity index is 1.76. The summed E-state index contributed by atoms with van der Waals surface area (Å²) in [6.45, 7) is 2.02. The molecule has 1 saturated heterocycles. The summed E-state index contributed by atoms with van der Waals surface area (Å²) in [6.07, 6.45) is 5.72. The Morgan fingerprint density at radius 2 is 1.82 bits per heavy atom. The number of nitrogens with one attached hydrogen (secondary N) is 1. The second-order valence-electron chi connectivity index (χ2n) is 7.02. The highest BCUT2D eigenvalue weighted by Crippen LogP contribution is 2.37. The first-order chi connectivity index (χ1) is 10.5. The van der Waals surface area contributed by atoms with Gasteiger partial charge in [0, 0.05) is 45.1 Å². The minimum absolute atomic E-state index is 0.0108. The molecule has 0 aromatic heterocycles. The third-order valence-electron chi connectivity index (χ3n) is 5.16. The minimum atomic E-state index is -0.0999. The van der Waals surface area contributed by atoms with E-state index in [9.17, 15) is 14.7 Å². The van der Waals surface area contributed by atoms with E-state index in [0.29, 0.717) is 19.6 Å². The van der Waals surface area contributed by atoms with E-state index in [1.807, 2.05) is 0 Å². The van der Waals surface area contributed by atoms with Crippen molar-refractivity contribution >= 4 is 11.9 Å². The summed E-state index contributed by atoms with van der Waals surface area (Å²) < 4.78 is 0. The molecule has 1 aliphatic heterocycles. The van der Waals surface area contributed by atoms with Crippen molar-refractivity contribution < 1.29 is 14.7 Å². The highest BCUT2D eigenvalue weighted by Gasteiger charge is 2.35. The lowest BCUT2D eigenvalue weighted by Crippen LogP contribution is -2.47. The molecule has 0 spiro atoms. The second kappa shape index (κ2) is 7.31. The van der Waals surface area contributed by atoms with Gasteiger partial charge in [0.05, 0.1) is 6.61 Å². The van der Waals surface area contributed by atoms with Crippen molar-refractivity contribution in [1.29, 1.82) is 0 Å². The highest BCUT2D eigenvalue weighted by molar-refractivity contribution is 5.79. The Morgan fingerprint density at radius 3 is 2.32 bits per heavy atom. The standard InChI is InChI=1S/C16H29N3O3/c1-18(2)15(22)19-9-5-13(6-10-19)14(21)17-11-16(12-20)7-3-4-8-16/h13,20H,3-12H2,1-2H3,(H,17,21). The van der Waals surface area contributed by atoms with E-state index in [-0.39, 0.29) is 29.9 Å². The molecule has 0 bridgehead atoms. The third kappa shape index (κ3) is 3.91. The third-order valence-corrected chi connectivity index (χ3v) is 5.16. The van der Waals surface area contributed by atoms with Crippen molar-refractivity contribution in [2.24, 2.45) is 11.3 Å². The fraction of sp³-hybridized carbons (Fsp3) is 0.875. The van der Waals surface area contributed by atoms with Crippen LogP contribution in [-0.4, -0.2) is 67.2 Å². The fourth-order valence-electron chi connectivity index (χ4n) is 3.55. The summed E-state index contributed by atoms with van der Waals surface area (Å²) in [6, 6.07) is 0.0176. The van der Waals surface area contributed by atoms with E-state index in [0.717, 1.165) is 38.5 Å². The first-order valence-electron chi connectivity index (χ1n) is 8.32. The lowest BCUT2D eigenvalue weighted by molar-refractivity contribution is -0.126. The van der Waals surface area contributed by atoms with Gasteiger partial charge in [0.1, 0.15) is 0 Å². The molecular weight excluding hydrogens is 282 g/mol. The molecule has 2 N–H and O–H groups in total. The van der Waals surface area contributed by atoms with Crippen LogP contribution in [0.1, 0.15) is 38.5 Å². The maximum absolute atomic E-state index is 12.3. The molecule has 0 radical (unpaired) electrons. The number of hydrogen-bond acceptors (Lipinski definition) is 3. The van der Waals surface area contributed by atoms with Crippen LogP contribution in [-0.2, 0) is 4.79 Å². The molecule has 2 aliphatic rings. The number of rotatable bonds is 4. The van der Waals surface area contributed by atoms with Crippen LogP contribution in [0.15, 0.2) is 0 Å². The van der Waals surface area contributed by atoms with E-state index < -0.39 is 0 Å². The average Bonchev–Trinajstić information content (AvgIpc) is 3.01. The van der Waals surface area contributed by atoms with Gasteiger partial charge in [0.15, 0.2) is 0 Å². The monoisotopic (exact) mass is 311 g/mol. The molecule has 126 valence electrons. The zero-order valence-corrected chi connectivity index (χ0v) is 13.8. The lowest BCUT2D eigenvalue weighted by atomic mass is 9.86. The van der Waals surface area contributed by atoms with E-state index in [1.165, 1.54) is 0 Å². The summed E-state index contributed by atoms with van der Waals surface area (Å²) in [5, 5.41) is 12.6. The second-order valence-corrected chi connectivity index (χ2v) is 7.02. The summed E-state index contributed by atoms with van der Waals surface area (Å²) >= 11 is 0. The van der Waals surface area contributed by atoms with Crippen LogP contribution in [0.25, 0.3) is 0 Å². The van der Waals surface area contributed by atoms with E-state index in [4.69, 9.17) is 0 Å². The predicted octanol–water partition coefficient (Wildman–Crippen LogP) is 1.05. The Bertz CT molecular complexity index is 397. The molecule has 2 fully saturated rings. The Kier molecular flexibility index (Phi) is 5.67. The van der Waals surface area contributed by atoms with Crippen molar-refractivity contribution in [3.05, 3.63) is 0 Å². The molecule has 0 aromatic rings. The number of urea groups is 1. The van der Waals surface area contributed by atoms with Crippen LogP contribution in [0.5, 0.6) is 0 Å². The predicted molar refractivity (Wildman–Crippen MR) is 84.4 cm³/mol. The number of aliphatic hydroxyl groups excluding tert-OH is 1. The molecular formula is C16H29N3O3. The van der Waals surface area contributed by atoms with Gasteiger partial charge in [-0.1, -0.05) is 12.8 Å². The summed E-state index contributed by atoms with van der Waals surface area (Å²) in [5.41, 5.74) is -0.0999. The smallest absolute Gasteiger partial charge is 0.319 e. The molecule has 3 amide bonds. The molecule has 22 heavy (non-hydrogen) atoms. The number of carbonyl (C=O) groups is 2.